The number of hydrogen-bond acceptors (Lipinski definition) is 8. The number of hydrazone groups is 1. The van der Waals surface area contributed by atoms with Gasteiger partial charge in [0, 0.05) is 5.10 Å². The lowest BCUT2D eigenvalue weighted by Crippen LogP contribution is -2.33. The van der Waals surface area contributed by atoms with E-state index in [-0.39, 0.29) is 5.95 Å². The van der Waals surface area contributed by atoms with Crippen molar-refractivity contribution in [3.05, 3.63) is 15.4 Å². The number of hydrogen-bond donors (Lipinski definition) is 3. The standard InChI is InChI=1S/C3H7N5.C2H3N8O2/c1-7-3(4)8(2)6-5-7;3-1(7-10(11)12)4-2-5-8-9-6-2/h4H,1-2H3;(H3-,3,4,5,6,7,8,9)/q;-1/p+1. The van der Waals surface area contributed by atoms with Crippen molar-refractivity contribution >= 4 is 17.9 Å². The summed E-state index contributed by atoms with van der Waals surface area (Å²) in [7, 11) is 3.48. The minimum absolute atomic E-state index is 0.113. The third-order valence-corrected chi connectivity index (χ3v) is 1.70. The molecule has 0 fully saturated rings. The van der Waals surface area contributed by atoms with Gasteiger partial charge in [-0.25, -0.2) is 20.4 Å². The van der Waals surface area contributed by atoms with E-state index in [2.05, 4.69) is 41.5 Å². The Hall–Kier alpha value is -3.39. The number of aryl methyl sites for hydroxylation is 2. The van der Waals surface area contributed by atoms with Gasteiger partial charge in [0.05, 0.1) is 19.3 Å². The average molecular weight is 285 g/mol. The predicted octanol–water partition coefficient (Wildman–Crippen LogP) is -3.07. The van der Waals surface area contributed by atoms with Gasteiger partial charge in [-0.3, -0.25) is 5.32 Å². The van der Waals surface area contributed by atoms with Crippen molar-refractivity contribution in [2.45, 2.75) is 0 Å². The van der Waals surface area contributed by atoms with Crippen molar-refractivity contribution in [3.63, 3.8) is 0 Å². The Kier molecular flexibility index (Phi) is 4.78. The number of tetrazole rings is 2. The Morgan fingerprint density at radius 2 is 2.35 bits per heavy atom. The average Bonchev–Trinajstić information content (AvgIpc) is 2.95. The van der Waals surface area contributed by atoms with E-state index < -0.39 is 11.0 Å². The number of nitrogens with one attached hydrogen (secondary N) is 1. The van der Waals surface area contributed by atoms with E-state index in [0.29, 0.717) is 5.95 Å². The van der Waals surface area contributed by atoms with Crippen molar-refractivity contribution in [2.75, 3.05) is 5.73 Å². The molecule has 5 N–H and O–H groups in total. The molecule has 2 aromatic rings. The third-order valence-electron chi connectivity index (χ3n) is 1.70. The molecule has 2 rings (SSSR count). The lowest BCUT2D eigenvalue weighted by molar-refractivity contribution is -0.718. The molecule has 15 heteroatoms. The lowest BCUT2D eigenvalue weighted by atomic mass is 10.9. The molecule has 20 heavy (non-hydrogen) atoms. The predicted molar refractivity (Wildman–Crippen MR) is 62.4 cm³/mol. The Bertz CT molecular complexity index is 564. The van der Waals surface area contributed by atoms with E-state index in [0.717, 1.165) is 0 Å². The summed E-state index contributed by atoms with van der Waals surface area (Å²) in [6.07, 6.45) is 0. The van der Waals surface area contributed by atoms with Crippen LogP contribution in [-0.4, -0.2) is 46.7 Å². The number of aromatic nitrogens is 8. The zero-order chi connectivity index (χ0) is 15.1. The maximum atomic E-state index is 9.75. The molecule has 0 atom stereocenters. The molecule has 0 saturated heterocycles. The maximum absolute atomic E-state index is 9.75. The number of rotatable bonds is 2. The normalized spacial score (nSPS) is 10.6. The highest BCUT2D eigenvalue weighted by molar-refractivity contribution is 5.95. The highest BCUT2D eigenvalue weighted by atomic mass is 16.7. The van der Waals surface area contributed by atoms with Gasteiger partial charge in [0.2, 0.25) is 0 Å². The Labute approximate surface area is 110 Å². The van der Waals surface area contributed by atoms with Crippen molar-refractivity contribution in [3.8, 4) is 0 Å². The van der Waals surface area contributed by atoms with Gasteiger partial charge in [-0.15, -0.1) is 9.90 Å². The highest BCUT2D eigenvalue weighted by Crippen LogP contribution is 2.05. The summed E-state index contributed by atoms with van der Waals surface area (Å²) >= 11 is 0. The molecule has 0 aliphatic carbocycles. The van der Waals surface area contributed by atoms with Gasteiger partial charge in [0.25, 0.3) is 0 Å². The monoisotopic (exact) mass is 285 g/mol. The smallest absolute Gasteiger partial charge is 0.362 e. The Morgan fingerprint density at radius 3 is 2.70 bits per heavy atom. The molecular weight excluding hydrogens is 274 g/mol. The second kappa shape index (κ2) is 6.52. The summed E-state index contributed by atoms with van der Waals surface area (Å²) in [4.78, 5) is 9.75. The molecule has 0 aliphatic rings. The van der Waals surface area contributed by atoms with E-state index in [1.165, 1.54) is 9.36 Å². The topological polar surface area (TPSA) is 211 Å². The molecular formula is C5H11N13O2. The molecule has 0 aromatic carbocycles. The van der Waals surface area contributed by atoms with Crippen LogP contribution in [0.4, 0.5) is 11.9 Å². The fraction of sp³-hybridized carbons (Fsp3) is 0.400. The van der Waals surface area contributed by atoms with Gasteiger partial charge in [0.15, 0.2) is 16.9 Å². The maximum Gasteiger partial charge on any atom is 0.362 e. The van der Waals surface area contributed by atoms with Crippen molar-refractivity contribution < 1.29 is 9.71 Å². The van der Waals surface area contributed by atoms with E-state index in [1.807, 2.05) is 0 Å². The Morgan fingerprint density at radius 1 is 1.65 bits per heavy atom. The molecule has 15 nitrogen and oxygen atoms in total. The summed E-state index contributed by atoms with van der Waals surface area (Å²) in [6.45, 7) is 0. The SMILES string of the molecule is Cn1nn[n+](C)c1N.N/C(=N\[N+](=O)[O-])[N-]c1nn[nH]n1. The van der Waals surface area contributed by atoms with Crippen molar-refractivity contribution in [1.29, 1.82) is 0 Å². The second-order valence-corrected chi connectivity index (χ2v) is 3.10. The number of nitrogens with zero attached hydrogens (tertiary/aromatic N) is 10. The zero-order valence-electron chi connectivity index (χ0n) is 10.4. The van der Waals surface area contributed by atoms with Crippen LogP contribution in [0.25, 0.3) is 5.32 Å². The quantitative estimate of drug-likeness (QED) is 0.167. The third kappa shape index (κ3) is 4.47. The largest absolute Gasteiger partial charge is 0.414 e. The van der Waals surface area contributed by atoms with Gasteiger partial charge in [0.1, 0.15) is 5.21 Å². The fourth-order valence-electron chi connectivity index (χ4n) is 0.833. The molecule has 0 spiro atoms. The van der Waals surface area contributed by atoms with Crippen molar-refractivity contribution in [2.24, 2.45) is 24.9 Å². The molecule has 0 amide bonds. The van der Waals surface area contributed by atoms with Crippen LogP contribution in [0.15, 0.2) is 5.10 Å². The first-order valence-corrected chi connectivity index (χ1v) is 4.85. The van der Waals surface area contributed by atoms with Gasteiger partial charge in [-0.1, -0.05) is 4.68 Å². The summed E-state index contributed by atoms with van der Waals surface area (Å²) in [5, 5.41) is 34.0. The molecule has 2 aromatic heterocycles. The van der Waals surface area contributed by atoms with Crippen LogP contribution in [0.2, 0.25) is 0 Å². The molecule has 0 radical (unpaired) electrons. The van der Waals surface area contributed by atoms with Crippen LogP contribution in [0, 0.1) is 10.1 Å². The van der Waals surface area contributed by atoms with Gasteiger partial charge < -0.3 is 11.5 Å². The van der Waals surface area contributed by atoms with Gasteiger partial charge in [-0.2, -0.15) is 5.10 Å². The number of anilines is 1. The second-order valence-electron chi connectivity index (χ2n) is 3.10. The number of aromatic amines is 1. The van der Waals surface area contributed by atoms with Gasteiger partial charge in [-0.05, 0) is 0 Å². The molecule has 0 unspecified atom stereocenters. The number of nitro groups is 1. The van der Waals surface area contributed by atoms with E-state index in [9.17, 15) is 10.1 Å². The van der Waals surface area contributed by atoms with Crippen LogP contribution in [0.5, 0.6) is 0 Å². The van der Waals surface area contributed by atoms with E-state index in [4.69, 9.17) is 11.5 Å². The highest BCUT2D eigenvalue weighted by Gasteiger charge is 2.05. The molecule has 0 saturated carbocycles. The molecule has 0 bridgehead atoms. The number of H-pyrrole nitrogens is 1. The lowest BCUT2D eigenvalue weighted by Gasteiger charge is -1.98. The summed E-state index contributed by atoms with van der Waals surface area (Å²) < 4.78 is 3.00. The van der Waals surface area contributed by atoms with E-state index in [1.54, 1.807) is 14.1 Å². The van der Waals surface area contributed by atoms with Crippen LogP contribution in [-0.2, 0) is 14.1 Å². The first-order valence-electron chi connectivity index (χ1n) is 4.85. The van der Waals surface area contributed by atoms with Crippen LogP contribution in [0.1, 0.15) is 0 Å². The summed E-state index contributed by atoms with van der Waals surface area (Å²) in [5.41, 5.74) is 10.4. The Balaban J connectivity index is 0.000000217. The van der Waals surface area contributed by atoms with Crippen LogP contribution >= 0.6 is 0 Å². The number of guanidine groups is 1. The molecule has 0 aliphatic heterocycles. The molecule has 108 valence electrons. The number of nitrogen functional groups attached to an aromatic ring is 1. The van der Waals surface area contributed by atoms with Crippen LogP contribution in [0.3, 0.4) is 0 Å². The minimum atomic E-state index is -0.973. The fourth-order valence-corrected chi connectivity index (χ4v) is 0.833. The van der Waals surface area contributed by atoms with Gasteiger partial charge >= 0.3 is 5.95 Å². The first kappa shape index (κ1) is 14.7. The van der Waals surface area contributed by atoms with Crippen molar-refractivity contribution in [1.82, 2.24) is 35.7 Å². The summed E-state index contributed by atoms with van der Waals surface area (Å²) in [6, 6.07) is 0. The minimum Gasteiger partial charge on any atom is -0.414 e. The number of nitrogens with two attached hydrogens (primary N) is 2. The zero-order valence-corrected chi connectivity index (χ0v) is 10.4. The van der Waals surface area contributed by atoms with Crippen LogP contribution < -0.4 is 16.1 Å². The molecule has 2 heterocycles. The first-order chi connectivity index (χ1) is 9.40. The van der Waals surface area contributed by atoms with E-state index >= 15 is 0 Å². The summed E-state index contributed by atoms with van der Waals surface area (Å²) in [5.74, 6) is -0.107.